The zero-order chi connectivity index (χ0) is 19.0. The molecule has 0 unspecified atom stereocenters. The molecule has 0 aromatic carbocycles. The van der Waals surface area contributed by atoms with Crippen molar-refractivity contribution in [3.63, 3.8) is 0 Å². The number of halogens is 3. The van der Waals surface area contributed by atoms with Gasteiger partial charge in [0.1, 0.15) is 6.10 Å². The first kappa shape index (κ1) is 17.8. The lowest BCUT2D eigenvalue weighted by Gasteiger charge is -2.38. The molecule has 4 atom stereocenters. The lowest BCUT2D eigenvalue weighted by Crippen LogP contribution is -2.52. The molecule has 27 heavy (non-hydrogen) atoms. The summed E-state index contributed by atoms with van der Waals surface area (Å²) in [6.07, 6.45) is 3.57. The summed E-state index contributed by atoms with van der Waals surface area (Å²) in [6, 6.07) is 1.45. The SMILES string of the molecule is CN1[C@H]2CC[C@@H]1[C@@H](F)[C@H](Oc1cncc(Nc3cc(OC(F)F)[nH]n3)n1)C2. The van der Waals surface area contributed by atoms with Crippen LogP contribution in [0.3, 0.4) is 0 Å². The van der Waals surface area contributed by atoms with Crippen molar-refractivity contribution in [2.45, 2.75) is 50.2 Å². The zero-order valence-corrected chi connectivity index (χ0v) is 14.5. The molecular formula is C16H19F3N6O2. The maximum absolute atomic E-state index is 14.7. The van der Waals surface area contributed by atoms with E-state index in [9.17, 15) is 13.2 Å². The highest BCUT2D eigenvalue weighted by Crippen LogP contribution is 2.37. The van der Waals surface area contributed by atoms with E-state index in [4.69, 9.17) is 4.74 Å². The Bertz CT molecular complexity index is 791. The molecule has 146 valence electrons. The molecule has 2 bridgehead atoms. The van der Waals surface area contributed by atoms with Crippen LogP contribution in [0.15, 0.2) is 18.5 Å². The number of rotatable bonds is 6. The van der Waals surface area contributed by atoms with Crippen molar-refractivity contribution >= 4 is 11.6 Å². The Kier molecular flexibility index (Phi) is 4.77. The molecule has 2 aromatic heterocycles. The number of piperidine rings is 1. The van der Waals surface area contributed by atoms with Crippen molar-refractivity contribution in [3.05, 3.63) is 18.5 Å². The molecule has 2 N–H and O–H groups in total. The maximum atomic E-state index is 14.7. The summed E-state index contributed by atoms with van der Waals surface area (Å²) >= 11 is 0. The van der Waals surface area contributed by atoms with Gasteiger partial charge >= 0.3 is 6.61 Å². The first-order chi connectivity index (χ1) is 13.0. The van der Waals surface area contributed by atoms with Crippen LogP contribution in [0.2, 0.25) is 0 Å². The van der Waals surface area contributed by atoms with Crippen LogP contribution < -0.4 is 14.8 Å². The molecule has 0 amide bonds. The van der Waals surface area contributed by atoms with Gasteiger partial charge in [0, 0.05) is 24.6 Å². The fraction of sp³-hybridized carbons (Fsp3) is 0.562. The van der Waals surface area contributed by atoms with Crippen LogP contribution in [-0.4, -0.2) is 63.1 Å². The number of nitrogens with one attached hydrogen (secondary N) is 2. The molecule has 2 aromatic rings. The number of aromatic nitrogens is 4. The Morgan fingerprint density at radius 3 is 2.96 bits per heavy atom. The number of anilines is 2. The summed E-state index contributed by atoms with van der Waals surface area (Å²) in [5, 5.41) is 8.91. The van der Waals surface area contributed by atoms with Crippen LogP contribution in [0.4, 0.5) is 24.8 Å². The number of nitrogens with zero attached hydrogens (tertiary/aromatic N) is 4. The lowest BCUT2D eigenvalue weighted by atomic mass is 9.98. The van der Waals surface area contributed by atoms with Gasteiger partial charge in [-0.2, -0.15) is 18.9 Å². The van der Waals surface area contributed by atoms with E-state index in [1.165, 1.54) is 18.5 Å². The smallest absolute Gasteiger partial charge is 0.388 e. The van der Waals surface area contributed by atoms with Crippen LogP contribution in [-0.2, 0) is 0 Å². The second kappa shape index (κ2) is 7.22. The minimum absolute atomic E-state index is 0.125. The molecule has 0 spiro atoms. The number of H-pyrrole nitrogens is 1. The number of aromatic amines is 1. The van der Waals surface area contributed by atoms with Crippen LogP contribution in [0, 0.1) is 0 Å². The van der Waals surface area contributed by atoms with E-state index in [1.54, 1.807) is 0 Å². The first-order valence-corrected chi connectivity index (χ1v) is 8.61. The normalized spacial score (nSPS) is 27.7. The third kappa shape index (κ3) is 3.77. The molecule has 4 heterocycles. The molecule has 0 saturated carbocycles. The van der Waals surface area contributed by atoms with Gasteiger partial charge in [-0.3, -0.25) is 9.88 Å². The number of hydrogen-bond acceptors (Lipinski definition) is 7. The maximum Gasteiger partial charge on any atom is 0.388 e. The Hall–Kier alpha value is -2.56. The molecule has 0 aliphatic carbocycles. The highest BCUT2D eigenvalue weighted by molar-refractivity contribution is 5.52. The van der Waals surface area contributed by atoms with Gasteiger partial charge in [-0.15, -0.1) is 0 Å². The molecule has 8 nitrogen and oxygen atoms in total. The fourth-order valence-corrected chi connectivity index (χ4v) is 3.74. The van der Waals surface area contributed by atoms with E-state index in [0.717, 1.165) is 12.8 Å². The number of ether oxygens (including phenoxy) is 2. The Balaban J connectivity index is 1.41. The van der Waals surface area contributed by atoms with E-state index in [2.05, 4.69) is 35.1 Å². The van der Waals surface area contributed by atoms with Crippen molar-refractivity contribution in [2.24, 2.45) is 0 Å². The molecule has 11 heteroatoms. The molecule has 2 saturated heterocycles. The average molecular weight is 384 g/mol. The largest absolute Gasteiger partial charge is 0.470 e. The lowest BCUT2D eigenvalue weighted by molar-refractivity contribution is -0.0528. The Morgan fingerprint density at radius 1 is 1.30 bits per heavy atom. The van der Waals surface area contributed by atoms with E-state index < -0.39 is 18.9 Å². The molecular weight excluding hydrogens is 365 g/mol. The van der Waals surface area contributed by atoms with E-state index >= 15 is 0 Å². The van der Waals surface area contributed by atoms with E-state index in [0.29, 0.717) is 12.5 Å². The Morgan fingerprint density at radius 2 is 2.15 bits per heavy atom. The van der Waals surface area contributed by atoms with Gasteiger partial charge < -0.3 is 14.8 Å². The van der Waals surface area contributed by atoms with Gasteiger partial charge in [0.15, 0.2) is 17.8 Å². The highest BCUT2D eigenvalue weighted by Gasteiger charge is 2.47. The summed E-state index contributed by atoms with van der Waals surface area (Å²) < 4.78 is 49.1. The van der Waals surface area contributed by atoms with Gasteiger partial charge in [0.2, 0.25) is 11.8 Å². The van der Waals surface area contributed by atoms with Crippen molar-refractivity contribution in [3.8, 4) is 11.8 Å². The number of alkyl halides is 3. The summed E-state index contributed by atoms with van der Waals surface area (Å²) in [4.78, 5) is 10.3. The standard InChI is InChI=1S/C16H19F3N6O2/c1-25-8-2-3-9(25)15(17)10(4-8)26-14-7-20-6-12(22-14)21-11-5-13(24-23-11)27-16(18)19/h5-10,15-16H,2-4H2,1H3,(H2,21,22,23,24)/t8-,9+,10+,15+/m0/s1. The predicted octanol–water partition coefficient (Wildman–Crippen LogP) is 2.50. The van der Waals surface area contributed by atoms with Gasteiger partial charge in [0.05, 0.1) is 12.4 Å². The number of hydrogen-bond donors (Lipinski definition) is 2. The fourth-order valence-electron chi connectivity index (χ4n) is 3.74. The molecule has 2 aliphatic heterocycles. The van der Waals surface area contributed by atoms with Gasteiger partial charge in [0.25, 0.3) is 0 Å². The minimum Gasteiger partial charge on any atom is -0.470 e. The third-order valence-corrected chi connectivity index (χ3v) is 5.03. The second-order valence-corrected chi connectivity index (χ2v) is 6.66. The topological polar surface area (TPSA) is 88.2 Å². The quantitative estimate of drug-likeness (QED) is 0.791. The van der Waals surface area contributed by atoms with Crippen LogP contribution in [0.1, 0.15) is 19.3 Å². The zero-order valence-electron chi connectivity index (χ0n) is 14.5. The first-order valence-electron chi connectivity index (χ1n) is 8.61. The van der Waals surface area contributed by atoms with E-state index in [-0.39, 0.29) is 29.4 Å². The second-order valence-electron chi connectivity index (χ2n) is 6.66. The van der Waals surface area contributed by atoms with E-state index in [1.807, 2.05) is 7.05 Å². The van der Waals surface area contributed by atoms with Gasteiger partial charge in [-0.1, -0.05) is 0 Å². The van der Waals surface area contributed by atoms with Crippen LogP contribution in [0.5, 0.6) is 11.8 Å². The van der Waals surface area contributed by atoms with Gasteiger partial charge in [-0.25, -0.2) is 9.49 Å². The van der Waals surface area contributed by atoms with Crippen molar-refractivity contribution in [1.29, 1.82) is 0 Å². The van der Waals surface area contributed by atoms with Gasteiger partial charge in [-0.05, 0) is 19.9 Å². The Labute approximate surface area is 153 Å². The summed E-state index contributed by atoms with van der Waals surface area (Å²) in [5.74, 6) is 0.512. The third-order valence-electron chi connectivity index (χ3n) is 5.03. The summed E-state index contributed by atoms with van der Waals surface area (Å²) in [7, 11) is 1.95. The van der Waals surface area contributed by atoms with Crippen molar-refractivity contribution in [1.82, 2.24) is 25.1 Å². The summed E-state index contributed by atoms with van der Waals surface area (Å²) in [5.41, 5.74) is 0. The average Bonchev–Trinajstić information content (AvgIpc) is 3.15. The van der Waals surface area contributed by atoms with Crippen LogP contribution >= 0.6 is 0 Å². The number of fused-ring (bicyclic) bond motifs is 2. The summed E-state index contributed by atoms with van der Waals surface area (Å²) in [6.45, 7) is -2.95. The minimum atomic E-state index is -2.95. The molecule has 0 radical (unpaired) electrons. The van der Waals surface area contributed by atoms with Crippen molar-refractivity contribution < 1.29 is 22.6 Å². The molecule has 2 fully saturated rings. The van der Waals surface area contributed by atoms with Crippen molar-refractivity contribution in [2.75, 3.05) is 12.4 Å². The molecule has 2 aliphatic rings. The molecule has 4 rings (SSSR count). The highest BCUT2D eigenvalue weighted by atomic mass is 19.3. The predicted molar refractivity (Wildman–Crippen MR) is 89.0 cm³/mol. The monoisotopic (exact) mass is 384 g/mol. The van der Waals surface area contributed by atoms with Crippen LogP contribution in [0.25, 0.3) is 0 Å².